The Labute approximate surface area is 155 Å². The number of hydroxylamine groups is 1. The summed E-state index contributed by atoms with van der Waals surface area (Å²) in [6, 6.07) is 14.5. The van der Waals surface area contributed by atoms with Crippen molar-refractivity contribution in [3.05, 3.63) is 54.6 Å². The molecule has 0 saturated heterocycles. The first-order valence-corrected chi connectivity index (χ1v) is 10.1. The molecule has 0 heterocycles. The standard InChI is InChI=1S/C17H18N2O5S2/c1-12(20)18-16(17(21)19-22)11-26(23,24)15-9-7-14(8-10-15)25-13-5-3-2-4-6-13/h2-10,16,22H,11H2,1H3,(H,18,20)(H,19,21)/t16-/m0/s1. The molecule has 0 aliphatic heterocycles. The molecule has 2 amide bonds. The average Bonchev–Trinajstić information content (AvgIpc) is 2.61. The van der Waals surface area contributed by atoms with Crippen LogP contribution in [0.2, 0.25) is 0 Å². The molecule has 138 valence electrons. The number of amides is 2. The zero-order valence-electron chi connectivity index (χ0n) is 13.9. The van der Waals surface area contributed by atoms with Gasteiger partial charge < -0.3 is 5.32 Å². The van der Waals surface area contributed by atoms with Gasteiger partial charge >= 0.3 is 0 Å². The van der Waals surface area contributed by atoms with Gasteiger partial charge in [-0.2, -0.15) is 0 Å². The largest absolute Gasteiger partial charge is 0.343 e. The van der Waals surface area contributed by atoms with Crippen molar-refractivity contribution in [2.24, 2.45) is 0 Å². The van der Waals surface area contributed by atoms with Crippen LogP contribution in [-0.2, 0) is 19.4 Å². The van der Waals surface area contributed by atoms with Crippen LogP contribution in [0.15, 0.2) is 69.3 Å². The van der Waals surface area contributed by atoms with Gasteiger partial charge in [0, 0.05) is 16.7 Å². The van der Waals surface area contributed by atoms with E-state index in [2.05, 4.69) is 5.32 Å². The second kappa shape index (κ2) is 8.84. The Morgan fingerprint density at radius 2 is 1.62 bits per heavy atom. The summed E-state index contributed by atoms with van der Waals surface area (Å²) < 4.78 is 25.0. The van der Waals surface area contributed by atoms with Crippen LogP contribution in [0.3, 0.4) is 0 Å². The molecule has 0 bridgehead atoms. The van der Waals surface area contributed by atoms with Crippen LogP contribution < -0.4 is 10.8 Å². The fourth-order valence-corrected chi connectivity index (χ4v) is 4.42. The summed E-state index contributed by atoms with van der Waals surface area (Å²) in [5.74, 6) is -2.24. The fourth-order valence-electron chi connectivity index (χ4n) is 2.16. The van der Waals surface area contributed by atoms with Crippen molar-refractivity contribution in [3.8, 4) is 0 Å². The zero-order chi connectivity index (χ0) is 19.2. The molecule has 2 aromatic carbocycles. The summed E-state index contributed by atoms with van der Waals surface area (Å²) in [5.41, 5.74) is 1.36. The SMILES string of the molecule is CC(=O)N[C@@H](CS(=O)(=O)c1ccc(Sc2ccccc2)cc1)C(=O)NO. The van der Waals surface area contributed by atoms with Crippen molar-refractivity contribution in [2.45, 2.75) is 27.7 Å². The molecule has 0 saturated carbocycles. The summed E-state index contributed by atoms with van der Waals surface area (Å²) in [7, 11) is -3.85. The van der Waals surface area contributed by atoms with Crippen LogP contribution in [0.1, 0.15) is 6.92 Å². The minimum absolute atomic E-state index is 0.0241. The van der Waals surface area contributed by atoms with Gasteiger partial charge in [-0.05, 0) is 36.4 Å². The van der Waals surface area contributed by atoms with Crippen molar-refractivity contribution in [1.82, 2.24) is 10.8 Å². The van der Waals surface area contributed by atoms with Gasteiger partial charge in [-0.15, -0.1) is 0 Å². The van der Waals surface area contributed by atoms with Gasteiger partial charge in [0.25, 0.3) is 5.91 Å². The van der Waals surface area contributed by atoms with Crippen LogP contribution in [0.5, 0.6) is 0 Å². The van der Waals surface area contributed by atoms with Crippen molar-refractivity contribution >= 4 is 33.4 Å². The first-order chi connectivity index (χ1) is 12.3. The van der Waals surface area contributed by atoms with Crippen LogP contribution in [-0.4, -0.2) is 37.2 Å². The predicted octanol–water partition coefficient (Wildman–Crippen LogP) is 1.62. The van der Waals surface area contributed by atoms with E-state index < -0.39 is 33.4 Å². The molecule has 0 fully saturated rings. The summed E-state index contributed by atoms with van der Waals surface area (Å²) >= 11 is 1.49. The molecule has 9 heteroatoms. The highest BCUT2D eigenvalue weighted by atomic mass is 32.2. The van der Waals surface area contributed by atoms with Crippen molar-refractivity contribution < 1.29 is 23.2 Å². The molecule has 2 rings (SSSR count). The second-order valence-electron chi connectivity index (χ2n) is 5.40. The second-order valence-corrected chi connectivity index (χ2v) is 8.58. The molecule has 0 spiro atoms. The van der Waals surface area contributed by atoms with Crippen molar-refractivity contribution in [3.63, 3.8) is 0 Å². The molecule has 0 unspecified atom stereocenters. The molecule has 1 atom stereocenters. The Hall–Kier alpha value is -2.36. The van der Waals surface area contributed by atoms with Crippen LogP contribution in [0, 0.1) is 0 Å². The van der Waals surface area contributed by atoms with E-state index in [1.54, 1.807) is 12.1 Å². The lowest BCUT2D eigenvalue weighted by atomic mass is 10.3. The predicted molar refractivity (Wildman–Crippen MR) is 96.6 cm³/mol. The van der Waals surface area contributed by atoms with Gasteiger partial charge in [0.1, 0.15) is 6.04 Å². The monoisotopic (exact) mass is 394 g/mol. The number of nitrogens with one attached hydrogen (secondary N) is 2. The lowest BCUT2D eigenvalue weighted by Gasteiger charge is -2.16. The molecule has 0 radical (unpaired) electrons. The third-order valence-electron chi connectivity index (χ3n) is 3.35. The number of rotatable bonds is 7. The molecule has 0 aliphatic rings. The highest BCUT2D eigenvalue weighted by molar-refractivity contribution is 7.99. The van der Waals surface area contributed by atoms with Gasteiger partial charge in [0.05, 0.1) is 10.6 Å². The van der Waals surface area contributed by atoms with Gasteiger partial charge in [-0.25, -0.2) is 13.9 Å². The van der Waals surface area contributed by atoms with Gasteiger partial charge in [-0.3, -0.25) is 14.8 Å². The van der Waals surface area contributed by atoms with Gasteiger partial charge in [-0.1, -0.05) is 30.0 Å². The molecule has 0 aliphatic carbocycles. The number of hydrogen-bond acceptors (Lipinski definition) is 6. The smallest absolute Gasteiger partial charge is 0.266 e. The first kappa shape index (κ1) is 20.0. The zero-order valence-corrected chi connectivity index (χ0v) is 15.5. The maximum absolute atomic E-state index is 12.5. The summed E-state index contributed by atoms with van der Waals surface area (Å²) in [6.07, 6.45) is 0. The number of carbonyl (C=O) groups is 2. The Morgan fingerprint density at radius 1 is 1.04 bits per heavy atom. The molecule has 26 heavy (non-hydrogen) atoms. The quantitative estimate of drug-likeness (QED) is 0.486. The Morgan fingerprint density at radius 3 is 2.15 bits per heavy atom. The Balaban J connectivity index is 2.15. The molecular weight excluding hydrogens is 376 g/mol. The van der Waals surface area contributed by atoms with Crippen molar-refractivity contribution in [1.29, 1.82) is 0 Å². The van der Waals surface area contributed by atoms with E-state index in [9.17, 15) is 18.0 Å². The van der Waals surface area contributed by atoms with Crippen LogP contribution in [0.4, 0.5) is 0 Å². The highest BCUT2D eigenvalue weighted by Gasteiger charge is 2.27. The minimum atomic E-state index is -3.85. The third kappa shape index (κ3) is 5.58. The number of benzene rings is 2. The summed E-state index contributed by atoms with van der Waals surface area (Å²) in [5, 5.41) is 10.9. The maximum atomic E-state index is 12.5. The fraction of sp³-hybridized carbons (Fsp3) is 0.176. The first-order valence-electron chi connectivity index (χ1n) is 7.58. The minimum Gasteiger partial charge on any atom is -0.343 e. The normalized spacial score (nSPS) is 12.2. The summed E-state index contributed by atoms with van der Waals surface area (Å²) in [6.45, 7) is 1.15. The van der Waals surface area contributed by atoms with Gasteiger partial charge in [0.15, 0.2) is 9.84 Å². The number of carbonyl (C=O) groups excluding carboxylic acids is 2. The van der Waals surface area contributed by atoms with E-state index in [1.165, 1.54) is 29.4 Å². The Kier molecular flexibility index (Phi) is 6.78. The lowest BCUT2D eigenvalue weighted by molar-refractivity contribution is -0.133. The molecule has 7 nitrogen and oxygen atoms in total. The van der Waals surface area contributed by atoms with Crippen molar-refractivity contribution in [2.75, 3.05) is 5.75 Å². The molecule has 3 N–H and O–H groups in total. The van der Waals surface area contributed by atoms with E-state index in [0.29, 0.717) is 0 Å². The maximum Gasteiger partial charge on any atom is 0.266 e. The molecular formula is C17H18N2O5S2. The van der Waals surface area contributed by atoms with E-state index in [4.69, 9.17) is 5.21 Å². The van der Waals surface area contributed by atoms with E-state index in [-0.39, 0.29) is 4.90 Å². The summed E-state index contributed by atoms with van der Waals surface area (Å²) in [4.78, 5) is 24.6. The topological polar surface area (TPSA) is 113 Å². The molecule has 2 aromatic rings. The van der Waals surface area contributed by atoms with Crippen LogP contribution in [0.25, 0.3) is 0 Å². The third-order valence-corrected chi connectivity index (χ3v) is 6.13. The number of sulfone groups is 1. The average molecular weight is 394 g/mol. The molecule has 0 aromatic heterocycles. The van der Waals surface area contributed by atoms with E-state index in [1.807, 2.05) is 30.3 Å². The van der Waals surface area contributed by atoms with Gasteiger partial charge in [0.2, 0.25) is 5.91 Å². The number of hydrogen-bond donors (Lipinski definition) is 3. The van der Waals surface area contributed by atoms with Crippen LogP contribution >= 0.6 is 11.8 Å². The highest BCUT2D eigenvalue weighted by Crippen LogP contribution is 2.28. The van der Waals surface area contributed by atoms with E-state index >= 15 is 0 Å². The van der Waals surface area contributed by atoms with E-state index in [0.717, 1.165) is 16.7 Å². The Bertz CT molecular complexity index is 868. The lowest BCUT2D eigenvalue weighted by Crippen LogP contribution is -2.49.